The highest BCUT2D eigenvalue weighted by atomic mass is 35.5. The molecule has 2 N–H and O–H groups in total. The second kappa shape index (κ2) is 6.62. The maximum absolute atomic E-state index is 10.9. The summed E-state index contributed by atoms with van der Waals surface area (Å²) >= 11 is 6.01. The zero-order valence-corrected chi connectivity index (χ0v) is 10.9. The molecule has 1 aromatic rings. The highest BCUT2D eigenvalue weighted by molar-refractivity contribution is 6.31. The minimum atomic E-state index is -0.801. The molecule has 0 bridgehead atoms. The lowest BCUT2D eigenvalue weighted by Gasteiger charge is -2.13. The molecule has 0 heterocycles. The maximum Gasteiger partial charge on any atom is 0.320 e. The Kier molecular flexibility index (Phi) is 5.45. The minimum absolute atomic E-state index is 0.486. The largest absolute Gasteiger partial charge is 0.480 e. The molecule has 0 amide bonds. The van der Waals surface area contributed by atoms with Crippen molar-refractivity contribution >= 4 is 17.6 Å². The van der Waals surface area contributed by atoms with Gasteiger partial charge in [0.25, 0.3) is 0 Å². The smallest absolute Gasteiger partial charge is 0.320 e. The molecular formula is C13H18ClNO2. The number of benzene rings is 1. The Balaban J connectivity index is 2.59. The van der Waals surface area contributed by atoms with Gasteiger partial charge in [-0.1, -0.05) is 37.1 Å². The first-order chi connectivity index (χ1) is 8.04. The number of rotatable bonds is 6. The predicted molar refractivity (Wildman–Crippen MR) is 69.4 cm³/mol. The molecule has 17 heavy (non-hydrogen) atoms. The zero-order chi connectivity index (χ0) is 12.8. The van der Waals surface area contributed by atoms with Gasteiger partial charge < -0.3 is 10.4 Å². The van der Waals surface area contributed by atoms with Gasteiger partial charge in [0, 0.05) is 11.6 Å². The van der Waals surface area contributed by atoms with Crippen LogP contribution in [0.5, 0.6) is 0 Å². The quantitative estimate of drug-likeness (QED) is 0.822. The van der Waals surface area contributed by atoms with Gasteiger partial charge in [-0.05, 0) is 30.5 Å². The summed E-state index contributed by atoms with van der Waals surface area (Å²) in [6.45, 7) is 4.44. The third kappa shape index (κ3) is 4.36. The number of hydrogen-bond acceptors (Lipinski definition) is 2. The van der Waals surface area contributed by atoms with Crippen LogP contribution in [0.4, 0.5) is 0 Å². The second-order valence-electron chi connectivity index (χ2n) is 4.14. The van der Waals surface area contributed by atoms with Crippen molar-refractivity contribution in [1.29, 1.82) is 0 Å². The van der Waals surface area contributed by atoms with E-state index in [1.807, 2.05) is 32.0 Å². The van der Waals surface area contributed by atoms with Crippen LogP contribution in [-0.4, -0.2) is 17.1 Å². The van der Waals surface area contributed by atoms with Crippen molar-refractivity contribution in [3.8, 4) is 0 Å². The van der Waals surface area contributed by atoms with E-state index in [1.54, 1.807) is 0 Å². The monoisotopic (exact) mass is 255 g/mol. The van der Waals surface area contributed by atoms with Crippen molar-refractivity contribution < 1.29 is 9.90 Å². The summed E-state index contributed by atoms with van der Waals surface area (Å²) in [5, 5.41) is 12.7. The molecule has 0 aliphatic heterocycles. The molecular weight excluding hydrogens is 238 g/mol. The van der Waals surface area contributed by atoms with Crippen LogP contribution in [0, 0.1) is 6.92 Å². The fourth-order valence-electron chi connectivity index (χ4n) is 1.59. The molecule has 0 saturated heterocycles. The molecule has 0 spiro atoms. The van der Waals surface area contributed by atoms with Gasteiger partial charge in [0.1, 0.15) is 6.04 Å². The van der Waals surface area contributed by atoms with Gasteiger partial charge in [-0.15, -0.1) is 0 Å². The predicted octanol–water partition coefficient (Wildman–Crippen LogP) is 2.99. The number of hydrogen-bond donors (Lipinski definition) is 2. The number of halogens is 1. The highest BCUT2D eigenvalue weighted by Gasteiger charge is 2.15. The molecule has 0 aromatic heterocycles. The van der Waals surface area contributed by atoms with Crippen LogP contribution in [-0.2, 0) is 11.3 Å². The van der Waals surface area contributed by atoms with Gasteiger partial charge in [-0.3, -0.25) is 4.79 Å². The maximum atomic E-state index is 10.9. The molecule has 0 saturated carbocycles. The van der Waals surface area contributed by atoms with Crippen LogP contribution in [0.2, 0.25) is 5.02 Å². The minimum Gasteiger partial charge on any atom is -0.480 e. The van der Waals surface area contributed by atoms with Gasteiger partial charge in [-0.2, -0.15) is 0 Å². The van der Waals surface area contributed by atoms with Crippen molar-refractivity contribution in [3.63, 3.8) is 0 Å². The van der Waals surface area contributed by atoms with Crippen LogP contribution < -0.4 is 5.32 Å². The molecule has 94 valence electrons. The second-order valence-corrected chi connectivity index (χ2v) is 4.55. The van der Waals surface area contributed by atoms with E-state index in [4.69, 9.17) is 16.7 Å². The number of aliphatic carboxylic acids is 1. The summed E-state index contributed by atoms with van der Waals surface area (Å²) in [4.78, 5) is 10.9. The van der Waals surface area contributed by atoms with Crippen LogP contribution in [0.3, 0.4) is 0 Å². The van der Waals surface area contributed by atoms with Crippen LogP contribution >= 0.6 is 11.6 Å². The Hall–Kier alpha value is -1.06. The van der Waals surface area contributed by atoms with Crippen LogP contribution in [0.1, 0.15) is 30.9 Å². The summed E-state index contributed by atoms with van der Waals surface area (Å²) in [5.41, 5.74) is 2.03. The molecule has 0 fully saturated rings. The Bertz CT molecular complexity index is 393. The average Bonchev–Trinajstić information content (AvgIpc) is 2.28. The lowest BCUT2D eigenvalue weighted by molar-refractivity contribution is -0.139. The average molecular weight is 256 g/mol. The molecule has 4 heteroatoms. The number of carboxylic acid groups (broad SMARTS) is 1. The van der Waals surface area contributed by atoms with E-state index >= 15 is 0 Å². The van der Waals surface area contributed by atoms with Gasteiger partial charge >= 0.3 is 5.97 Å². The molecule has 1 unspecified atom stereocenters. The van der Waals surface area contributed by atoms with E-state index < -0.39 is 12.0 Å². The van der Waals surface area contributed by atoms with Crippen molar-refractivity contribution in [1.82, 2.24) is 5.32 Å². The number of carboxylic acids is 1. The van der Waals surface area contributed by atoms with Gasteiger partial charge in [0.15, 0.2) is 0 Å². The molecule has 0 radical (unpaired) electrons. The van der Waals surface area contributed by atoms with Crippen molar-refractivity contribution in [3.05, 3.63) is 34.3 Å². The Morgan fingerprint density at radius 1 is 1.53 bits per heavy atom. The molecule has 0 aliphatic rings. The topological polar surface area (TPSA) is 49.3 Å². The van der Waals surface area contributed by atoms with Crippen LogP contribution in [0.15, 0.2) is 18.2 Å². The standard InChI is InChI=1S/C13H18ClNO2/c1-3-4-12(13(16)17)15-8-10-6-5-9(2)11(14)7-10/h5-7,12,15H,3-4,8H2,1-2H3,(H,16,17). The lowest BCUT2D eigenvalue weighted by atomic mass is 10.1. The lowest BCUT2D eigenvalue weighted by Crippen LogP contribution is -2.35. The van der Waals surface area contributed by atoms with Crippen molar-refractivity contribution in [2.45, 2.75) is 39.3 Å². The van der Waals surface area contributed by atoms with Gasteiger partial charge in [-0.25, -0.2) is 0 Å². The Morgan fingerprint density at radius 3 is 2.76 bits per heavy atom. The summed E-state index contributed by atoms with van der Waals surface area (Å²) in [7, 11) is 0. The molecule has 1 aromatic carbocycles. The van der Waals surface area contributed by atoms with Crippen molar-refractivity contribution in [2.24, 2.45) is 0 Å². The SMILES string of the molecule is CCCC(NCc1ccc(C)c(Cl)c1)C(=O)O. The summed E-state index contributed by atoms with van der Waals surface area (Å²) in [6, 6.07) is 5.28. The number of carbonyl (C=O) groups is 1. The van der Waals surface area contributed by atoms with Crippen LogP contribution in [0.25, 0.3) is 0 Å². The summed E-state index contributed by atoms with van der Waals surface area (Å²) in [5.74, 6) is -0.801. The fourth-order valence-corrected chi connectivity index (χ4v) is 1.79. The Labute approximate surface area is 107 Å². The van der Waals surface area contributed by atoms with E-state index in [-0.39, 0.29) is 0 Å². The molecule has 0 aliphatic carbocycles. The van der Waals surface area contributed by atoms with Crippen molar-refractivity contribution in [2.75, 3.05) is 0 Å². The Morgan fingerprint density at radius 2 is 2.24 bits per heavy atom. The van der Waals surface area contributed by atoms with Gasteiger partial charge in [0.2, 0.25) is 0 Å². The zero-order valence-electron chi connectivity index (χ0n) is 10.2. The number of nitrogens with one attached hydrogen (secondary N) is 1. The molecule has 1 rings (SSSR count). The number of aryl methyl sites for hydroxylation is 1. The third-order valence-corrected chi connectivity index (χ3v) is 3.07. The third-order valence-electron chi connectivity index (χ3n) is 2.66. The first-order valence-electron chi connectivity index (χ1n) is 5.75. The summed E-state index contributed by atoms with van der Waals surface area (Å²) in [6.07, 6.45) is 1.48. The summed E-state index contributed by atoms with van der Waals surface area (Å²) < 4.78 is 0. The highest BCUT2D eigenvalue weighted by Crippen LogP contribution is 2.16. The fraction of sp³-hybridized carbons (Fsp3) is 0.462. The molecule has 3 nitrogen and oxygen atoms in total. The van der Waals surface area contributed by atoms with E-state index in [9.17, 15) is 4.79 Å². The van der Waals surface area contributed by atoms with Gasteiger partial charge in [0.05, 0.1) is 0 Å². The first-order valence-corrected chi connectivity index (χ1v) is 6.13. The van der Waals surface area contributed by atoms with E-state index in [1.165, 1.54) is 0 Å². The van der Waals surface area contributed by atoms with E-state index in [2.05, 4.69) is 5.32 Å². The first kappa shape index (κ1) is 14.0. The van der Waals surface area contributed by atoms with E-state index in [0.717, 1.165) is 17.5 Å². The molecule has 1 atom stereocenters. The van der Waals surface area contributed by atoms with E-state index in [0.29, 0.717) is 18.0 Å². The normalized spacial score (nSPS) is 12.4.